The Labute approximate surface area is 148 Å². The van der Waals surface area contributed by atoms with Crippen molar-refractivity contribution in [2.45, 2.75) is 13.1 Å². The molecule has 8 nitrogen and oxygen atoms in total. The van der Waals surface area contributed by atoms with Gasteiger partial charge < -0.3 is 11.5 Å². The Morgan fingerprint density at radius 2 is 1.00 bits per heavy atom. The molecule has 1 aromatic heterocycles. The Hall–Kier alpha value is -3.55. The van der Waals surface area contributed by atoms with Gasteiger partial charge >= 0.3 is 17.1 Å². The number of benzene rings is 2. The summed E-state index contributed by atoms with van der Waals surface area (Å²) in [5.74, 6) is 0. The zero-order valence-corrected chi connectivity index (χ0v) is 14.3. The number of hydrogen-bond donors (Lipinski definition) is 2. The van der Waals surface area contributed by atoms with Gasteiger partial charge in [0.05, 0.1) is 13.1 Å². The molecule has 8 heteroatoms. The van der Waals surface area contributed by atoms with E-state index in [9.17, 15) is 14.4 Å². The van der Waals surface area contributed by atoms with Gasteiger partial charge in [0.15, 0.2) is 0 Å². The number of nitrogen functional groups attached to an aromatic ring is 2. The summed E-state index contributed by atoms with van der Waals surface area (Å²) in [6, 6.07) is 13.7. The van der Waals surface area contributed by atoms with Crippen molar-refractivity contribution in [1.82, 2.24) is 13.7 Å². The van der Waals surface area contributed by atoms with Crippen LogP contribution in [0.4, 0.5) is 11.4 Å². The molecule has 0 aliphatic heterocycles. The van der Waals surface area contributed by atoms with Gasteiger partial charge in [-0.1, -0.05) is 24.3 Å². The van der Waals surface area contributed by atoms with Crippen molar-refractivity contribution >= 4 is 11.4 Å². The fraction of sp³-hybridized carbons (Fsp3) is 0.167. The maximum Gasteiger partial charge on any atom is 0.336 e. The molecule has 0 radical (unpaired) electrons. The van der Waals surface area contributed by atoms with Gasteiger partial charge in [0.1, 0.15) is 0 Å². The van der Waals surface area contributed by atoms with Crippen molar-refractivity contribution in [3.05, 3.63) is 91.1 Å². The molecule has 0 saturated carbocycles. The number of aromatic nitrogens is 3. The van der Waals surface area contributed by atoms with Crippen molar-refractivity contribution in [2.24, 2.45) is 7.05 Å². The molecule has 0 fully saturated rings. The number of anilines is 2. The Morgan fingerprint density at radius 3 is 1.35 bits per heavy atom. The molecule has 134 valence electrons. The quantitative estimate of drug-likeness (QED) is 0.639. The molecule has 3 rings (SSSR count). The maximum atomic E-state index is 12.8. The lowest BCUT2D eigenvalue weighted by molar-refractivity contribution is 0.509. The van der Waals surface area contributed by atoms with E-state index in [0.29, 0.717) is 11.4 Å². The van der Waals surface area contributed by atoms with Crippen molar-refractivity contribution in [1.29, 1.82) is 0 Å². The third-order valence-electron chi connectivity index (χ3n) is 4.14. The second kappa shape index (κ2) is 6.75. The molecule has 0 aliphatic rings. The van der Waals surface area contributed by atoms with Crippen LogP contribution in [0.15, 0.2) is 62.9 Å². The second-order valence-electron chi connectivity index (χ2n) is 6.06. The van der Waals surface area contributed by atoms with Crippen LogP contribution in [0, 0.1) is 0 Å². The van der Waals surface area contributed by atoms with Crippen molar-refractivity contribution < 1.29 is 0 Å². The van der Waals surface area contributed by atoms with Gasteiger partial charge in [-0.2, -0.15) is 0 Å². The largest absolute Gasteiger partial charge is 0.399 e. The molecule has 26 heavy (non-hydrogen) atoms. The van der Waals surface area contributed by atoms with Gasteiger partial charge in [-0.3, -0.25) is 0 Å². The summed E-state index contributed by atoms with van der Waals surface area (Å²) in [7, 11) is 1.35. The average Bonchev–Trinajstić information content (AvgIpc) is 2.64. The van der Waals surface area contributed by atoms with Crippen LogP contribution in [-0.2, 0) is 20.1 Å². The van der Waals surface area contributed by atoms with Gasteiger partial charge in [0, 0.05) is 18.4 Å². The molecule has 0 aliphatic carbocycles. The lowest BCUT2D eigenvalue weighted by Crippen LogP contribution is -2.53. The van der Waals surface area contributed by atoms with E-state index >= 15 is 0 Å². The molecule has 3 aromatic rings. The van der Waals surface area contributed by atoms with E-state index < -0.39 is 17.1 Å². The lowest BCUT2D eigenvalue weighted by Gasteiger charge is -2.12. The highest BCUT2D eigenvalue weighted by Crippen LogP contribution is 2.07. The van der Waals surface area contributed by atoms with Crippen LogP contribution < -0.4 is 28.5 Å². The van der Waals surface area contributed by atoms with Crippen LogP contribution in [0.2, 0.25) is 0 Å². The minimum atomic E-state index is -0.662. The van der Waals surface area contributed by atoms with Gasteiger partial charge in [-0.15, -0.1) is 0 Å². The predicted molar refractivity (Wildman–Crippen MR) is 100 cm³/mol. The summed E-state index contributed by atoms with van der Waals surface area (Å²) < 4.78 is 2.99. The number of nitrogens with two attached hydrogens (primary N) is 2. The molecule has 0 atom stereocenters. The average molecular weight is 353 g/mol. The maximum absolute atomic E-state index is 12.8. The van der Waals surface area contributed by atoms with Gasteiger partial charge in [-0.25, -0.2) is 28.1 Å². The van der Waals surface area contributed by atoms with E-state index in [1.165, 1.54) is 7.05 Å². The van der Waals surface area contributed by atoms with Crippen LogP contribution in [-0.4, -0.2) is 13.7 Å². The van der Waals surface area contributed by atoms with Crippen LogP contribution >= 0.6 is 0 Å². The van der Waals surface area contributed by atoms with Crippen LogP contribution in [0.25, 0.3) is 0 Å². The summed E-state index contributed by atoms with van der Waals surface area (Å²) in [6.07, 6.45) is 0. The SMILES string of the molecule is Cn1c(=O)n(Cc2ccc(N)cc2)c(=O)n(Cc2ccc(N)cc2)c1=O. The molecule has 0 unspecified atom stereocenters. The summed E-state index contributed by atoms with van der Waals surface area (Å²) in [4.78, 5) is 37.6. The Morgan fingerprint density at radius 1 is 0.654 bits per heavy atom. The highest BCUT2D eigenvalue weighted by molar-refractivity contribution is 5.40. The standard InChI is InChI=1S/C18H19N5O3/c1-21-16(24)22(10-12-2-6-14(19)7-3-12)18(26)23(17(21)25)11-13-4-8-15(20)9-5-13/h2-9H,10-11,19-20H2,1H3. The van der Waals surface area contributed by atoms with E-state index in [1.54, 1.807) is 48.5 Å². The van der Waals surface area contributed by atoms with Crippen LogP contribution in [0.5, 0.6) is 0 Å². The minimum absolute atomic E-state index is 0.0494. The van der Waals surface area contributed by atoms with E-state index in [2.05, 4.69) is 0 Å². The normalized spacial score (nSPS) is 10.8. The second-order valence-corrected chi connectivity index (χ2v) is 6.06. The zero-order chi connectivity index (χ0) is 18.8. The van der Waals surface area contributed by atoms with Crippen LogP contribution in [0.3, 0.4) is 0 Å². The third kappa shape index (κ3) is 3.30. The number of nitrogens with zero attached hydrogens (tertiary/aromatic N) is 3. The monoisotopic (exact) mass is 353 g/mol. The summed E-state index contributed by atoms with van der Waals surface area (Å²) in [5.41, 5.74) is 12.0. The fourth-order valence-electron chi connectivity index (χ4n) is 2.64. The summed E-state index contributed by atoms with van der Waals surface area (Å²) in [5, 5.41) is 0. The van der Waals surface area contributed by atoms with E-state index in [-0.39, 0.29) is 13.1 Å². The molecule has 0 saturated heterocycles. The first-order valence-electron chi connectivity index (χ1n) is 7.96. The first kappa shape index (κ1) is 17.3. The van der Waals surface area contributed by atoms with Gasteiger partial charge in [0.2, 0.25) is 0 Å². The number of hydrogen-bond acceptors (Lipinski definition) is 5. The molecule has 0 spiro atoms. The Kier molecular flexibility index (Phi) is 4.49. The lowest BCUT2D eigenvalue weighted by atomic mass is 10.2. The molecular formula is C18H19N5O3. The highest BCUT2D eigenvalue weighted by atomic mass is 16.2. The van der Waals surface area contributed by atoms with Crippen molar-refractivity contribution in [2.75, 3.05) is 11.5 Å². The molecular weight excluding hydrogens is 334 g/mol. The van der Waals surface area contributed by atoms with Gasteiger partial charge in [0.25, 0.3) is 0 Å². The molecule has 2 aromatic carbocycles. The highest BCUT2D eigenvalue weighted by Gasteiger charge is 2.14. The van der Waals surface area contributed by atoms with Crippen molar-refractivity contribution in [3.8, 4) is 0 Å². The topological polar surface area (TPSA) is 118 Å². The number of rotatable bonds is 4. The molecule has 4 N–H and O–H groups in total. The van der Waals surface area contributed by atoms with E-state index in [0.717, 1.165) is 24.8 Å². The Bertz CT molecular complexity index is 1020. The molecule has 1 heterocycles. The summed E-state index contributed by atoms with van der Waals surface area (Å²) >= 11 is 0. The fourth-order valence-corrected chi connectivity index (χ4v) is 2.64. The first-order valence-corrected chi connectivity index (χ1v) is 7.96. The van der Waals surface area contributed by atoms with Crippen molar-refractivity contribution in [3.63, 3.8) is 0 Å². The van der Waals surface area contributed by atoms with Gasteiger partial charge in [-0.05, 0) is 35.4 Å². The minimum Gasteiger partial charge on any atom is -0.399 e. The molecule has 0 bridgehead atoms. The third-order valence-corrected chi connectivity index (χ3v) is 4.14. The summed E-state index contributed by atoms with van der Waals surface area (Å²) in [6.45, 7) is 0.0988. The smallest absolute Gasteiger partial charge is 0.336 e. The predicted octanol–water partition coefficient (Wildman–Crippen LogP) is -0.0303. The zero-order valence-electron chi connectivity index (χ0n) is 14.3. The van der Waals surface area contributed by atoms with Crippen LogP contribution in [0.1, 0.15) is 11.1 Å². The molecule has 0 amide bonds. The Balaban J connectivity index is 2.08. The first-order chi connectivity index (χ1) is 12.4. The van der Waals surface area contributed by atoms with E-state index in [4.69, 9.17) is 11.5 Å². The van der Waals surface area contributed by atoms with E-state index in [1.807, 2.05) is 0 Å².